The molecular weight excluding hydrogens is 210 g/mol. The van der Waals surface area contributed by atoms with Gasteiger partial charge in [-0.2, -0.15) is 0 Å². The summed E-state index contributed by atoms with van der Waals surface area (Å²) in [4.78, 5) is 0. The van der Waals surface area contributed by atoms with Gasteiger partial charge in [-0.05, 0) is 42.3 Å². The Balaban J connectivity index is 1.90. The first-order valence-electron chi connectivity index (χ1n) is 6.19. The highest BCUT2D eigenvalue weighted by molar-refractivity contribution is 5.82. The number of hydrogen-bond donors (Lipinski definition) is 2. The van der Waals surface area contributed by atoms with Crippen LogP contribution in [0.1, 0.15) is 12.0 Å². The molecule has 90 valence electrons. The molecule has 2 rings (SSSR count). The van der Waals surface area contributed by atoms with Gasteiger partial charge in [-0.15, -0.1) is 0 Å². The van der Waals surface area contributed by atoms with E-state index in [1.54, 1.807) is 0 Å². The van der Waals surface area contributed by atoms with Gasteiger partial charge in [-0.3, -0.25) is 0 Å². The molecule has 0 amide bonds. The van der Waals surface area contributed by atoms with Crippen molar-refractivity contribution >= 4 is 10.8 Å². The highest BCUT2D eigenvalue weighted by Crippen LogP contribution is 2.15. The predicted molar refractivity (Wildman–Crippen MR) is 72.2 cm³/mol. The maximum atomic E-state index is 8.66. The monoisotopic (exact) mass is 229 g/mol. The van der Waals surface area contributed by atoms with E-state index in [9.17, 15) is 0 Å². The number of rotatable bonds is 6. The second kappa shape index (κ2) is 6.38. The summed E-state index contributed by atoms with van der Waals surface area (Å²) in [6, 6.07) is 15.1. The van der Waals surface area contributed by atoms with Crippen LogP contribution in [0, 0.1) is 0 Å². The fraction of sp³-hybridized carbons (Fsp3) is 0.333. The largest absolute Gasteiger partial charge is 0.396 e. The second-order valence-corrected chi connectivity index (χ2v) is 4.26. The highest BCUT2D eigenvalue weighted by Gasteiger charge is 1.96. The zero-order chi connectivity index (χ0) is 11.9. The number of benzene rings is 2. The average molecular weight is 229 g/mol. The van der Waals surface area contributed by atoms with E-state index in [2.05, 4.69) is 47.8 Å². The molecule has 2 aromatic rings. The fourth-order valence-corrected chi connectivity index (χ4v) is 1.96. The molecule has 0 atom stereocenters. The maximum Gasteiger partial charge on any atom is 0.0443 e. The third kappa shape index (κ3) is 3.55. The fourth-order valence-electron chi connectivity index (χ4n) is 1.96. The molecule has 0 unspecified atom stereocenters. The lowest BCUT2D eigenvalue weighted by Crippen LogP contribution is -2.19. The molecule has 0 spiro atoms. The van der Waals surface area contributed by atoms with Crippen LogP contribution in [0.5, 0.6) is 0 Å². The lowest BCUT2D eigenvalue weighted by Gasteiger charge is -2.05. The molecular formula is C15H19NO. The number of nitrogens with one attached hydrogen (secondary N) is 1. The van der Waals surface area contributed by atoms with Crippen molar-refractivity contribution in [1.82, 2.24) is 5.32 Å². The highest BCUT2D eigenvalue weighted by atomic mass is 16.3. The molecule has 2 nitrogen and oxygen atoms in total. The van der Waals surface area contributed by atoms with Crippen molar-refractivity contribution in [3.05, 3.63) is 48.0 Å². The Morgan fingerprint density at radius 3 is 2.59 bits per heavy atom. The zero-order valence-electron chi connectivity index (χ0n) is 10.0. The Kier molecular flexibility index (Phi) is 4.54. The van der Waals surface area contributed by atoms with Gasteiger partial charge in [0.05, 0.1) is 0 Å². The molecule has 0 heterocycles. The normalized spacial score (nSPS) is 10.9. The Morgan fingerprint density at radius 2 is 1.76 bits per heavy atom. The van der Waals surface area contributed by atoms with Crippen LogP contribution in [0.25, 0.3) is 10.8 Å². The minimum absolute atomic E-state index is 0.267. The Morgan fingerprint density at radius 1 is 0.941 bits per heavy atom. The van der Waals surface area contributed by atoms with E-state index in [1.807, 2.05) is 0 Å². The van der Waals surface area contributed by atoms with Crippen LogP contribution in [0.2, 0.25) is 0 Å². The number of aliphatic hydroxyl groups is 1. The molecule has 0 saturated heterocycles. The summed E-state index contributed by atoms with van der Waals surface area (Å²) in [6.07, 6.45) is 1.87. The first-order chi connectivity index (χ1) is 8.40. The SMILES string of the molecule is OCCCNCCc1ccc2ccccc2c1. The molecule has 0 aliphatic carbocycles. The Labute approximate surface area is 102 Å². The molecule has 0 aromatic heterocycles. The lowest BCUT2D eigenvalue weighted by atomic mass is 10.1. The van der Waals surface area contributed by atoms with E-state index in [0.29, 0.717) is 0 Å². The molecule has 2 heteroatoms. The van der Waals surface area contributed by atoms with Gasteiger partial charge in [0.25, 0.3) is 0 Å². The zero-order valence-corrected chi connectivity index (χ0v) is 10.0. The first-order valence-corrected chi connectivity index (χ1v) is 6.19. The summed E-state index contributed by atoms with van der Waals surface area (Å²) < 4.78 is 0. The molecule has 17 heavy (non-hydrogen) atoms. The number of hydrogen-bond acceptors (Lipinski definition) is 2. The van der Waals surface area contributed by atoms with Gasteiger partial charge in [-0.1, -0.05) is 42.5 Å². The van der Waals surface area contributed by atoms with Gasteiger partial charge >= 0.3 is 0 Å². The van der Waals surface area contributed by atoms with Gasteiger partial charge < -0.3 is 10.4 Å². The summed E-state index contributed by atoms with van der Waals surface area (Å²) in [5.41, 5.74) is 1.36. The van der Waals surface area contributed by atoms with E-state index in [-0.39, 0.29) is 6.61 Å². The van der Waals surface area contributed by atoms with Gasteiger partial charge in [0.15, 0.2) is 0 Å². The van der Waals surface area contributed by atoms with Crippen LogP contribution in [0.15, 0.2) is 42.5 Å². The molecule has 2 aromatic carbocycles. The standard InChI is InChI=1S/C15H19NO/c17-11-3-9-16-10-8-13-6-7-14-4-1-2-5-15(14)12-13/h1-2,4-7,12,16-17H,3,8-11H2. The van der Waals surface area contributed by atoms with Crippen molar-refractivity contribution in [3.63, 3.8) is 0 Å². The third-order valence-electron chi connectivity index (χ3n) is 2.92. The second-order valence-electron chi connectivity index (χ2n) is 4.26. The lowest BCUT2D eigenvalue weighted by molar-refractivity contribution is 0.286. The van der Waals surface area contributed by atoms with Crippen LogP contribution in [0.3, 0.4) is 0 Å². The molecule has 2 N–H and O–H groups in total. The van der Waals surface area contributed by atoms with Crippen molar-refractivity contribution in [2.75, 3.05) is 19.7 Å². The van der Waals surface area contributed by atoms with Gasteiger partial charge in [-0.25, -0.2) is 0 Å². The van der Waals surface area contributed by atoms with E-state index in [1.165, 1.54) is 16.3 Å². The van der Waals surface area contributed by atoms with E-state index >= 15 is 0 Å². The van der Waals surface area contributed by atoms with Crippen molar-refractivity contribution < 1.29 is 5.11 Å². The van der Waals surface area contributed by atoms with E-state index in [4.69, 9.17) is 5.11 Å². The van der Waals surface area contributed by atoms with Gasteiger partial charge in [0.2, 0.25) is 0 Å². The molecule has 0 aliphatic heterocycles. The van der Waals surface area contributed by atoms with Crippen LogP contribution in [-0.2, 0) is 6.42 Å². The molecule has 0 radical (unpaired) electrons. The summed E-state index contributed by atoms with van der Waals surface area (Å²) >= 11 is 0. The number of aliphatic hydroxyl groups excluding tert-OH is 1. The Hall–Kier alpha value is -1.38. The molecule has 0 aliphatic rings. The van der Waals surface area contributed by atoms with Crippen molar-refractivity contribution in [2.45, 2.75) is 12.8 Å². The summed E-state index contributed by atoms with van der Waals surface area (Å²) in [5.74, 6) is 0. The average Bonchev–Trinajstić information content (AvgIpc) is 2.38. The smallest absolute Gasteiger partial charge is 0.0443 e. The van der Waals surface area contributed by atoms with Crippen LogP contribution in [-0.4, -0.2) is 24.8 Å². The molecule has 0 bridgehead atoms. The molecule has 0 fully saturated rings. The molecule has 0 saturated carbocycles. The van der Waals surface area contributed by atoms with E-state index < -0.39 is 0 Å². The summed E-state index contributed by atoms with van der Waals surface area (Å²) in [5, 5.41) is 14.6. The Bertz CT molecular complexity index is 467. The predicted octanol–water partition coefficient (Wildman–Crippen LogP) is 2.35. The topological polar surface area (TPSA) is 32.3 Å². The van der Waals surface area contributed by atoms with Crippen molar-refractivity contribution in [1.29, 1.82) is 0 Å². The van der Waals surface area contributed by atoms with Crippen LogP contribution < -0.4 is 5.32 Å². The van der Waals surface area contributed by atoms with Gasteiger partial charge in [0, 0.05) is 6.61 Å². The third-order valence-corrected chi connectivity index (χ3v) is 2.92. The van der Waals surface area contributed by atoms with Crippen LogP contribution in [0.4, 0.5) is 0 Å². The summed E-state index contributed by atoms with van der Waals surface area (Å²) in [7, 11) is 0. The van der Waals surface area contributed by atoms with Crippen molar-refractivity contribution in [3.8, 4) is 0 Å². The van der Waals surface area contributed by atoms with Gasteiger partial charge in [0.1, 0.15) is 0 Å². The minimum atomic E-state index is 0.267. The van der Waals surface area contributed by atoms with Crippen molar-refractivity contribution in [2.24, 2.45) is 0 Å². The van der Waals surface area contributed by atoms with E-state index in [0.717, 1.165) is 25.9 Å². The quantitative estimate of drug-likeness (QED) is 0.745. The number of fused-ring (bicyclic) bond motifs is 1. The maximum absolute atomic E-state index is 8.66. The first kappa shape index (κ1) is 12.1. The minimum Gasteiger partial charge on any atom is -0.396 e. The summed E-state index contributed by atoms with van der Waals surface area (Å²) in [6.45, 7) is 2.13. The van der Waals surface area contributed by atoms with Crippen LogP contribution >= 0.6 is 0 Å².